The van der Waals surface area contributed by atoms with Crippen molar-refractivity contribution < 1.29 is 9.84 Å². The number of hydrogen-bond acceptors (Lipinski definition) is 5. The number of aryl methyl sites for hydroxylation is 1. The van der Waals surface area contributed by atoms with Crippen molar-refractivity contribution in [1.82, 2.24) is 4.98 Å². The van der Waals surface area contributed by atoms with Crippen molar-refractivity contribution in [3.63, 3.8) is 0 Å². The average Bonchev–Trinajstić information content (AvgIpc) is 3.11. The molecule has 4 rings (SSSR count). The molecule has 28 heavy (non-hydrogen) atoms. The van der Waals surface area contributed by atoms with Crippen molar-refractivity contribution in [2.45, 2.75) is 6.92 Å². The summed E-state index contributed by atoms with van der Waals surface area (Å²) in [5.74, 6) is 0.589. The van der Waals surface area contributed by atoms with Crippen molar-refractivity contribution in [2.75, 3.05) is 7.11 Å². The molecule has 0 aliphatic carbocycles. The Kier molecular flexibility index (Phi) is 4.38. The first kappa shape index (κ1) is 17.8. The van der Waals surface area contributed by atoms with Crippen LogP contribution in [0.4, 0.5) is 0 Å². The fraction of sp³-hybridized carbons (Fsp3) is 0.0909. The Morgan fingerprint density at radius 2 is 2.00 bits per heavy atom. The first-order valence-corrected chi connectivity index (χ1v) is 9.43. The number of nitrogens with one attached hydrogen (secondary N) is 1. The third kappa shape index (κ3) is 2.82. The highest BCUT2D eigenvalue weighted by atomic mass is 32.1. The summed E-state index contributed by atoms with van der Waals surface area (Å²) in [6.45, 7) is 1.98. The molecule has 0 saturated carbocycles. The van der Waals surface area contributed by atoms with E-state index in [1.807, 2.05) is 30.5 Å². The summed E-state index contributed by atoms with van der Waals surface area (Å²) in [5, 5.41) is 22.7. The van der Waals surface area contributed by atoms with Gasteiger partial charge in [-0.15, -0.1) is 11.3 Å². The molecular formula is C22H16N2O3S. The predicted molar refractivity (Wildman–Crippen MR) is 111 cm³/mol. The maximum Gasteiger partial charge on any atom is 0.260 e. The molecule has 2 aromatic heterocycles. The van der Waals surface area contributed by atoms with Crippen LogP contribution < -0.4 is 10.3 Å². The fourth-order valence-corrected chi connectivity index (χ4v) is 4.27. The van der Waals surface area contributed by atoms with Gasteiger partial charge >= 0.3 is 0 Å². The molecule has 0 aliphatic heterocycles. The molecule has 0 unspecified atom stereocenters. The fourth-order valence-electron chi connectivity index (χ4n) is 3.31. The van der Waals surface area contributed by atoms with E-state index < -0.39 is 5.56 Å². The van der Waals surface area contributed by atoms with Crippen LogP contribution in [0, 0.1) is 18.3 Å². The first-order valence-electron chi connectivity index (χ1n) is 8.55. The van der Waals surface area contributed by atoms with Gasteiger partial charge in [0.05, 0.1) is 29.7 Å². The Hall–Kier alpha value is -3.56. The van der Waals surface area contributed by atoms with E-state index in [-0.39, 0.29) is 11.3 Å². The number of methoxy groups -OCH3 is 1. The quantitative estimate of drug-likeness (QED) is 0.527. The van der Waals surface area contributed by atoms with E-state index in [4.69, 9.17) is 10.00 Å². The molecule has 0 bridgehead atoms. The molecule has 2 N–H and O–H groups in total. The summed E-state index contributed by atoms with van der Waals surface area (Å²) >= 11 is 1.35. The summed E-state index contributed by atoms with van der Waals surface area (Å²) in [5.41, 5.74) is 3.34. The average molecular weight is 388 g/mol. The number of nitrogens with zero attached hydrogens (tertiary/aromatic N) is 1. The van der Waals surface area contributed by atoms with Crippen molar-refractivity contribution in [3.05, 3.63) is 69.3 Å². The van der Waals surface area contributed by atoms with Gasteiger partial charge in [-0.05, 0) is 36.2 Å². The van der Waals surface area contributed by atoms with E-state index in [1.54, 1.807) is 31.4 Å². The van der Waals surface area contributed by atoms with Crippen LogP contribution in [0.5, 0.6) is 11.5 Å². The normalized spacial score (nSPS) is 10.8. The molecule has 5 nitrogen and oxygen atoms in total. The Bertz CT molecular complexity index is 1310. The van der Waals surface area contributed by atoms with Crippen LogP contribution in [0.1, 0.15) is 11.1 Å². The van der Waals surface area contributed by atoms with Crippen LogP contribution in [0.2, 0.25) is 0 Å². The number of nitriles is 1. The third-order valence-electron chi connectivity index (χ3n) is 4.65. The maximum absolute atomic E-state index is 12.7. The number of aromatic amines is 1. The van der Waals surface area contributed by atoms with Gasteiger partial charge in [-0.3, -0.25) is 4.79 Å². The molecule has 0 atom stereocenters. The number of ether oxygens (including phenoxy) is 1. The molecule has 0 fully saturated rings. The monoisotopic (exact) mass is 388 g/mol. The second-order valence-corrected chi connectivity index (χ2v) is 7.31. The van der Waals surface area contributed by atoms with E-state index in [2.05, 4.69) is 11.1 Å². The third-order valence-corrected chi connectivity index (χ3v) is 5.54. The number of benzene rings is 2. The smallest absolute Gasteiger partial charge is 0.260 e. The van der Waals surface area contributed by atoms with E-state index in [1.165, 1.54) is 11.3 Å². The van der Waals surface area contributed by atoms with Crippen LogP contribution in [0.15, 0.2) is 52.6 Å². The minimum atomic E-state index is -0.399. The van der Waals surface area contributed by atoms with E-state index in [0.29, 0.717) is 27.1 Å². The molecule has 0 aliphatic rings. The summed E-state index contributed by atoms with van der Waals surface area (Å²) in [7, 11) is 1.60. The molecule has 2 aromatic carbocycles. The highest BCUT2D eigenvalue weighted by Crippen LogP contribution is 2.44. The van der Waals surface area contributed by atoms with Gasteiger partial charge in [0.15, 0.2) is 0 Å². The number of hydrogen-bond donors (Lipinski definition) is 2. The van der Waals surface area contributed by atoms with E-state index in [0.717, 1.165) is 16.7 Å². The molecule has 6 heteroatoms. The zero-order valence-electron chi connectivity index (χ0n) is 15.2. The van der Waals surface area contributed by atoms with Gasteiger partial charge in [-0.1, -0.05) is 24.3 Å². The van der Waals surface area contributed by atoms with Gasteiger partial charge in [0, 0.05) is 16.5 Å². The zero-order chi connectivity index (χ0) is 19.8. The Morgan fingerprint density at radius 1 is 1.18 bits per heavy atom. The van der Waals surface area contributed by atoms with Crippen molar-refractivity contribution in [1.29, 1.82) is 5.26 Å². The lowest BCUT2D eigenvalue weighted by Crippen LogP contribution is -2.08. The van der Waals surface area contributed by atoms with Gasteiger partial charge in [-0.25, -0.2) is 0 Å². The summed E-state index contributed by atoms with van der Waals surface area (Å²) in [6, 6.07) is 14.5. The summed E-state index contributed by atoms with van der Waals surface area (Å²) < 4.78 is 5.52. The molecule has 0 saturated heterocycles. The van der Waals surface area contributed by atoms with Gasteiger partial charge in [0.25, 0.3) is 5.56 Å². The van der Waals surface area contributed by atoms with Crippen molar-refractivity contribution in [2.24, 2.45) is 0 Å². The molecule has 0 spiro atoms. The van der Waals surface area contributed by atoms with Crippen LogP contribution >= 0.6 is 11.3 Å². The van der Waals surface area contributed by atoms with Gasteiger partial charge in [0.1, 0.15) is 16.3 Å². The summed E-state index contributed by atoms with van der Waals surface area (Å²) in [6.07, 6.45) is 0. The lowest BCUT2D eigenvalue weighted by molar-refractivity contribution is 0.416. The van der Waals surface area contributed by atoms with Crippen LogP contribution in [0.3, 0.4) is 0 Å². The number of aromatic hydroxyl groups is 1. The van der Waals surface area contributed by atoms with Crippen LogP contribution in [0.25, 0.3) is 32.5 Å². The Labute approximate surface area is 165 Å². The van der Waals surface area contributed by atoms with Gasteiger partial charge < -0.3 is 14.8 Å². The molecule has 138 valence electrons. The lowest BCUT2D eigenvalue weighted by Gasteiger charge is -2.11. The second kappa shape index (κ2) is 6.87. The maximum atomic E-state index is 12.7. The number of H-pyrrole nitrogens is 1. The van der Waals surface area contributed by atoms with E-state index in [9.17, 15) is 9.90 Å². The number of rotatable bonds is 3. The molecule has 4 aromatic rings. The van der Waals surface area contributed by atoms with Crippen molar-refractivity contribution in [3.8, 4) is 39.8 Å². The lowest BCUT2D eigenvalue weighted by atomic mass is 9.98. The standard InChI is InChI=1S/C22H16N2O3S/c1-12-6-7-15(17(8-12)27-2)16-11-28-22-19(16)20(25)18(21(26)24-22)14-5-3-4-13(9-14)10-23/h3-9,11H,1-2H3,(H2,24,25,26). The van der Waals surface area contributed by atoms with Crippen LogP contribution in [-0.2, 0) is 0 Å². The second-order valence-electron chi connectivity index (χ2n) is 6.43. The SMILES string of the molecule is COc1cc(C)ccc1-c1csc2[nH]c(=O)c(-c3cccc(C#N)c3)c(O)c12. The molecular weight excluding hydrogens is 372 g/mol. The number of thiophene rings is 1. The number of aromatic nitrogens is 1. The highest BCUT2D eigenvalue weighted by molar-refractivity contribution is 7.17. The van der Waals surface area contributed by atoms with Crippen LogP contribution in [-0.4, -0.2) is 17.2 Å². The Morgan fingerprint density at radius 3 is 2.75 bits per heavy atom. The largest absolute Gasteiger partial charge is 0.506 e. The Balaban J connectivity index is 2.03. The first-order chi connectivity index (χ1) is 13.5. The predicted octanol–water partition coefficient (Wildman–Crippen LogP) is 4.82. The van der Waals surface area contributed by atoms with Crippen molar-refractivity contribution >= 4 is 21.6 Å². The minimum Gasteiger partial charge on any atom is -0.506 e. The number of fused-ring (bicyclic) bond motifs is 1. The minimum absolute atomic E-state index is 0.104. The highest BCUT2D eigenvalue weighted by Gasteiger charge is 2.20. The zero-order valence-corrected chi connectivity index (χ0v) is 16.1. The van der Waals surface area contributed by atoms with E-state index >= 15 is 0 Å². The number of pyridine rings is 1. The summed E-state index contributed by atoms with van der Waals surface area (Å²) in [4.78, 5) is 16.1. The molecule has 0 amide bonds. The molecule has 0 radical (unpaired) electrons. The van der Waals surface area contributed by atoms with Gasteiger partial charge in [-0.2, -0.15) is 5.26 Å². The topological polar surface area (TPSA) is 86.1 Å². The van der Waals surface area contributed by atoms with Gasteiger partial charge in [0.2, 0.25) is 0 Å². The molecule has 2 heterocycles.